The van der Waals surface area contributed by atoms with Crippen LogP contribution in [0.3, 0.4) is 0 Å². The number of rotatable bonds is 7. The monoisotopic (exact) mass is 267 g/mol. The van der Waals surface area contributed by atoms with Gasteiger partial charge in [-0.05, 0) is 18.2 Å². The van der Waals surface area contributed by atoms with Gasteiger partial charge in [-0.1, -0.05) is 0 Å². The third-order valence-corrected chi connectivity index (χ3v) is 2.61. The fourth-order valence-electron chi connectivity index (χ4n) is 1.69. The maximum Gasteiger partial charge on any atom is 0.217 e. The average molecular weight is 267 g/mol. The summed E-state index contributed by atoms with van der Waals surface area (Å²) in [6, 6.07) is 4.84. The van der Waals surface area contributed by atoms with E-state index in [-0.39, 0.29) is 18.9 Å². The molecule has 6 heteroatoms. The summed E-state index contributed by atoms with van der Waals surface area (Å²) in [5, 5.41) is 10.4. The third-order valence-electron chi connectivity index (χ3n) is 2.61. The van der Waals surface area contributed by atoms with E-state index in [0.717, 1.165) is 0 Å². The Morgan fingerprint density at radius 3 is 2.32 bits per heavy atom. The Labute approximate surface area is 111 Å². The molecule has 0 bridgehead atoms. The maximum atomic E-state index is 12.0. The number of hydrogen-bond acceptors (Lipinski definition) is 5. The van der Waals surface area contributed by atoms with Crippen LogP contribution in [0.15, 0.2) is 18.2 Å². The van der Waals surface area contributed by atoms with Crippen LogP contribution in [-0.4, -0.2) is 46.1 Å². The lowest BCUT2D eigenvalue weighted by atomic mass is 10.1. The molecular weight excluding hydrogens is 250 g/mol. The maximum absolute atomic E-state index is 12.0. The van der Waals surface area contributed by atoms with Gasteiger partial charge in [0.1, 0.15) is 13.1 Å². The van der Waals surface area contributed by atoms with Gasteiger partial charge in [0.25, 0.3) is 0 Å². The van der Waals surface area contributed by atoms with Crippen molar-refractivity contribution in [2.75, 3.05) is 34.4 Å². The summed E-state index contributed by atoms with van der Waals surface area (Å²) in [4.78, 5) is 23.0. The van der Waals surface area contributed by atoms with Crippen molar-refractivity contribution in [3.63, 3.8) is 0 Å². The quantitative estimate of drug-likeness (QED) is 0.587. The highest BCUT2D eigenvalue weighted by atomic mass is 16.5. The highest BCUT2D eigenvalue weighted by Gasteiger charge is 2.15. The number of benzene rings is 1. The minimum Gasteiger partial charge on any atom is -0.544 e. The number of ketones is 1. The fraction of sp³-hybridized carbons (Fsp3) is 0.385. The number of methoxy groups -OCH3 is 2. The molecule has 1 N–H and O–H groups in total. The van der Waals surface area contributed by atoms with E-state index < -0.39 is 5.97 Å². The number of nitrogens with one attached hydrogen (secondary N) is 1. The fourth-order valence-corrected chi connectivity index (χ4v) is 1.69. The summed E-state index contributed by atoms with van der Waals surface area (Å²) in [5.41, 5.74) is 0.454. The van der Waals surface area contributed by atoms with E-state index in [1.807, 2.05) is 0 Å². The molecular formula is C13H17NO5. The zero-order chi connectivity index (χ0) is 14.4. The smallest absolute Gasteiger partial charge is 0.217 e. The van der Waals surface area contributed by atoms with Crippen LogP contribution in [0, 0.1) is 0 Å². The van der Waals surface area contributed by atoms with E-state index in [1.165, 1.54) is 14.2 Å². The summed E-state index contributed by atoms with van der Waals surface area (Å²) in [5.74, 6) is -0.349. The lowest BCUT2D eigenvalue weighted by molar-refractivity contribution is -0.864. The topological polar surface area (TPSA) is 80.1 Å². The molecule has 1 aromatic carbocycles. The molecule has 1 rings (SSSR count). The molecule has 1 unspecified atom stereocenters. The highest BCUT2D eigenvalue weighted by Crippen LogP contribution is 2.27. The first kappa shape index (κ1) is 15.0. The molecule has 0 spiro atoms. The summed E-state index contributed by atoms with van der Waals surface area (Å²) >= 11 is 0. The van der Waals surface area contributed by atoms with E-state index in [1.54, 1.807) is 25.2 Å². The number of carbonyl (C=O) groups is 2. The molecule has 6 nitrogen and oxygen atoms in total. The number of carboxylic acids is 1. The Morgan fingerprint density at radius 1 is 1.16 bits per heavy atom. The average Bonchev–Trinajstić information content (AvgIpc) is 2.36. The van der Waals surface area contributed by atoms with Crippen LogP contribution >= 0.6 is 0 Å². The molecule has 19 heavy (non-hydrogen) atoms. The first-order valence-corrected chi connectivity index (χ1v) is 5.74. The van der Waals surface area contributed by atoms with Crippen LogP contribution in [0.4, 0.5) is 0 Å². The van der Waals surface area contributed by atoms with Crippen molar-refractivity contribution in [3.05, 3.63) is 23.8 Å². The van der Waals surface area contributed by atoms with Gasteiger partial charge in [-0.3, -0.25) is 4.79 Å². The summed E-state index contributed by atoms with van der Waals surface area (Å²) in [6.45, 7) is -0.136. The number of carboxylic acid groups (broad SMARTS) is 1. The van der Waals surface area contributed by atoms with Crippen molar-refractivity contribution >= 4 is 11.8 Å². The molecule has 104 valence electrons. The van der Waals surface area contributed by atoms with E-state index in [4.69, 9.17) is 9.47 Å². The van der Waals surface area contributed by atoms with Crippen molar-refractivity contribution in [2.24, 2.45) is 0 Å². The van der Waals surface area contributed by atoms with Gasteiger partial charge in [0.2, 0.25) is 5.78 Å². The van der Waals surface area contributed by atoms with Crippen LogP contribution in [0.25, 0.3) is 0 Å². The van der Waals surface area contributed by atoms with Crippen molar-refractivity contribution in [1.82, 2.24) is 0 Å². The highest BCUT2D eigenvalue weighted by molar-refractivity contribution is 5.97. The number of aliphatic carboxylic acids is 1. The predicted octanol–water partition coefficient (Wildman–Crippen LogP) is -1.85. The number of ether oxygens (including phenoxy) is 2. The van der Waals surface area contributed by atoms with Gasteiger partial charge < -0.3 is 24.3 Å². The molecule has 0 heterocycles. The minimum absolute atomic E-state index is 0.0729. The van der Waals surface area contributed by atoms with E-state index in [0.29, 0.717) is 22.0 Å². The second-order valence-electron chi connectivity index (χ2n) is 4.18. The van der Waals surface area contributed by atoms with Crippen molar-refractivity contribution in [3.8, 4) is 11.5 Å². The molecule has 0 aliphatic carbocycles. The van der Waals surface area contributed by atoms with Gasteiger partial charge in [-0.15, -0.1) is 0 Å². The molecule has 1 aromatic rings. The van der Waals surface area contributed by atoms with Crippen LogP contribution in [-0.2, 0) is 4.79 Å². The van der Waals surface area contributed by atoms with Crippen LogP contribution in [0.5, 0.6) is 11.5 Å². The van der Waals surface area contributed by atoms with Gasteiger partial charge in [0.15, 0.2) is 11.5 Å². The molecule has 0 aromatic heterocycles. The second kappa shape index (κ2) is 6.75. The minimum atomic E-state index is -1.18. The van der Waals surface area contributed by atoms with E-state index >= 15 is 0 Å². The molecule has 0 aliphatic heterocycles. The summed E-state index contributed by atoms with van der Waals surface area (Å²) in [6.07, 6.45) is 0. The van der Waals surface area contributed by atoms with Crippen molar-refractivity contribution < 1.29 is 29.1 Å². The Balaban J connectivity index is 2.80. The molecule has 0 saturated carbocycles. The van der Waals surface area contributed by atoms with Gasteiger partial charge in [-0.2, -0.15) is 0 Å². The Kier molecular flexibility index (Phi) is 5.32. The first-order valence-electron chi connectivity index (χ1n) is 5.74. The van der Waals surface area contributed by atoms with E-state index in [9.17, 15) is 14.7 Å². The summed E-state index contributed by atoms with van der Waals surface area (Å²) < 4.78 is 10.2. The molecule has 0 amide bonds. The number of likely N-dealkylation sites (N-methyl/N-ethyl adjacent to an activating group) is 1. The van der Waals surface area contributed by atoms with Crippen molar-refractivity contribution in [2.45, 2.75) is 0 Å². The van der Waals surface area contributed by atoms with Gasteiger partial charge >= 0.3 is 0 Å². The molecule has 0 radical (unpaired) electrons. The molecule has 0 aliphatic rings. The zero-order valence-corrected chi connectivity index (χ0v) is 11.2. The standard InChI is InChI=1S/C13H17NO5/c1-14(8-13(16)17)7-10(15)9-4-5-11(18-2)12(6-9)19-3/h4-6H,7-8H2,1-3H3,(H,16,17). The number of quaternary nitrogens is 1. The van der Waals surface area contributed by atoms with E-state index in [2.05, 4.69) is 0 Å². The SMILES string of the molecule is COc1ccc(C(=O)C[NH+](C)CC(=O)[O-])cc1OC. The lowest BCUT2D eigenvalue weighted by Crippen LogP contribution is -3.11. The molecule has 0 saturated heterocycles. The van der Waals surface area contributed by atoms with Gasteiger partial charge in [0, 0.05) is 5.56 Å². The Morgan fingerprint density at radius 2 is 1.79 bits per heavy atom. The summed E-state index contributed by atoms with van der Waals surface area (Å²) in [7, 11) is 4.62. The normalized spacial score (nSPS) is 11.7. The van der Waals surface area contributed by atoms with Crippen molar-refractivity contribution in [1.29, 1.82) is 0 Å². The Bertz CT molecular complexity index is 472. The van der Waals surface area contributed by atoms with Crippen LogP contribution in [0.2, 0.25) is 0 Å². The predicted molar refractivity (Wildman–Crippen MR) is 65.5 cm³/mol. The number of carbonyl (C=O) groups excluding carboxylic acids is 2. The third kappa shape index (κ3) is 4.26. The first-order chi connectivity index (χ1) is 8.97. The largest absolute Gasteiger partial charge is 0.544 e. The second-order valence-corrected chi connectivity index (χ2v) is 4.18. The molecule has 0 fully saturated rings. The van der Waals surface area contributed by atoms with Gasteiger partial charge in [-0.25, -0.2) is 0 Å². The number of hydrogen-bond donors (Lipinski definition) is 1. The van der Waals surface area contributed by atoms with Gasteiger partial charge in [0.05, 0.1) is 27.2 Å². The molecule has 1 atom stereocenters. The van der Waals surface area contributed by atoms with Crippen LogP contribution < -0.4 is 19.5 Å². The van der Waals surface area contributed by atoms with Crippen LogP contribution in [0.1, 0.15) is 10.4 Å². The zero-order valence-electron chi connectivity index (χ0n) is 11.2. The lowest BCUT2D eigenvalue weighted by Gasteiger charge is -2.14. The number of Topliss-reactive ketones (excluding diaryl/α,β-unsaturated/α-hetero) is 1. The Hall–Kier alpha value is -2.08.